The molecule has 114 valence electrons. The molecular formula is C15H8Cl3N5. The maximum absolute atomic E-state index is 9.30. The number of hydrogen-bond donors (Lipinski definition) is 2. The number of aromatic nitrogens is 2. The van der Waals surface area contributed by atoms with Crippen LogP contribution in [0.4, 0.5) is 5.69 Å². The highest BCUT2D eigenvalue weighted by Gasteiger charge is 2.11. The molecule has 0 unspecified atom stereocenters. The van der Waals surface area contributed by atoms with Crippen molar-refractivity contribution in [3.8, 4) is 6.07 Å². The Bertz CT molecular complexity index is 899. The fraction of sp³-hybridized carbons (Fsp3) is 0. The zero-order valence-electron chi connectivity index (χ0n) is 11.4. The second kappa shape index (κ2) is 6.47. The van der Waals surface area contributed by atoms with Crippen molar-refractivity contribution in [3.05, 3.63) is 57.3 Å². The van der Waals surface area contributed by atoms with Crippen LogP contribution in [-0.2, 0) is 0 Å². The van der Waals surface area contributed by atoms with E-state index in [1.165, 1.54) is 12.1 Å². The van der Waals surface area contributed by atoms with Crippen molar-refractivity contribution in [1.82, 2.24) is 9.97 Å². The van der Waals surface area contributed by atoms with E-state index in [1.807, 2.05) is 30.3 Å². The maximum atomic E-state index is 9.30. The van der Waals surface area contributed by atoms with E-state index in [4.69, 9.17) is 34.8 Å². The molecule has 0 atom stereocenters. The van der Waals surface area contributed by atoms with Crippen molar-refractivity contribution in [1.29, 1.82) is 5.26 Å². The van der Waals surface area contributed by atoms with Crippen LogP contribution in [0.25, 0.3) is 11.0 Å². The average Bonchev–Trinajstić information content (AvgIpc) is 2.93. The lowest BCUT2D eigenvalue weighted by atomic mass is 10.3. The molecule has 0 amide bonds. The highest BCUT2D eigenvalue weighted by atomic mass is 35.5. The van der Waals surface area contributed by atoms with Crippen molar-refractivity contribution in [2.24, 2.45) is 5.10 Å². The maximum Gasteiger partial charge on any atom is 0.203 e. The number of aromatic amines is 1. The van der Waals surface area contributed by atoms with E-state index in [-0.39, 0.29) is 5.71 Å². The standard InChI is InChI=1S/C15H8Cl3N5/c16-8-5-9(17)14(10(18)6-8)23-22-13(7-19)15-20-11-3-1-2-4-12(11)21-15/h1-6,23H,(H,20,21)/b22-13+. The molecule has 0 saturated carbocycles. The Balaban J connectivity index is 1.95. The van der Waals surface area contributed by atoms with E-state index in [1.54, 1.807) is 0 Å². The molecule has 3 aromatic rings. The van der Waals surface area contributed by atoms with Gasteiger partial charge in [-0.25, -0.2) is 4.98 Å². The molecule has 8 heteroatoms. The molecule has 0 spiro atoms. The number of rotatable bonds is 3. The van der Waals surface area contributed by atoms with E-state index in [0.29, 0.717) is 26.6 Å². The first-order valence-corrected chi connectivity index (χ1v) is 7.55. The Kier molecular flexibility index (Phi) is 4.39. The van der Waals surface area contributed by atoms with Gasteiger partial charge in [0.2, 0.25) is 5.71 Å². The van der Waals surface area contributed by atoms with Gasteiger partial charge in [0.15, 0.2) is 5.82 Å². The molecule has 1 heterocycles. The van der Waals surface area contributed by atoms with Crippen LogP contribution in [0.1, 0.15) is 5.82 Å². The fourth-order valence-electron chi connectivity index (χ4n) is 1.96. The fourth-order valence-corrected chi connectivity index (χ4v) is 2.86. The van der Waals surface area contributed by atoms with Crippen LogP contribution >= 0.6 is 34.8 Å². The minimum atomic E-state index is 0.0725. The van der Waals surface area contributed by atoms with E-state index in [9.17, 15) is 5.26 Å². The summed E-state index contributed by atoms with van der Waals surface area (Å²) >= 11 is 18.0. The topological polar surface area (TPSA) is 76.9 Å². The van der Waals surface area contributed by atoms with E-state index >= 15 is 0 Å². The third-order valence-corrected chi connectivity index (χ3v) is 3.82. The smallest absolute Gasteiger partial charge is 0.203 e. The number of halogens is 3. The van der Waals surface area contributed by atoms with Gasteiger partial charge in [-0.15, -0.1) is 0 Å². The van der Waals surface area contributed by atoms with Gasteiger partial charge >= 0.3 is 0 Å². The number of fused-ring (bicyclic) bond motifs is 1. The summed E-state index contributed by atoms with van der Waals surface area (Å²) in [5.41, 5.74) is 4.68. The molecular weight excluding hydrogens is 357 g/mol. The number of benzene rings is 2. The lowest BCUT2D eigenvalue weighted by molar-refractivity contribution is 1.25. The number of nitrogens with zero attached hydrogens (tertiary/aromatic N) is 3. The molecule has 0 aliphatic rings. The van der Waals surface area contributed by atoms with Crippen molar-refractivity contribution in [2.45, 2.75) is 0 Å². The number of nitriles is 1. The van der Waals surface area contributed by atoms with Crippen LogP contribution in [0.5, 0.6) is 0 Å². The highest BCUT2D eigenvalue weighted by molar-refractivity contribution is 6.41. The summed E-state index contributed by atoms with van der Waals surface area (Å²) in [7, 11) is 0. The summed E-state index contributed by atoms with van der Waals surface area (Å²) < 4.78 is 0. The van der Waals surface area contributed by atoms with Gasteiger partial charge in [0.25, 0.3) is 0 Å². The van der Waals surface area contributed by atoms with Crippen molar-refractivity contribution in [3.63, 3.8) is 0 Å². The predicted molar refractivity (Wildman–Crippen MR) is 93.3 cm³/mol. The number of anilines is 1. The van der Waals surface area contributed by atoms with Crippen LogP contribution in [0.15, 0.2) is 41.5 Å². The quantitative estimate of drug-likeness (QED) is 0.514. The van der Waals surface area contributed by atoms with Crippen molar-refractivity contribution < 1.29 is 0 Å². The Labute approximate surface area is 146 Å². The normalized spacial score (nSPS) is 11.5. The summed E-state index contributed by atoms with van der Waals surface area (Å²) in [4.78, 5) is 7.35. The Morgan fingerprint density at radius 3 is 2.52 bits per heavy atom. The molecule has 1 aromatic heterocycles. The molecule has 0 fully saturated rings. The van der Waals surface area contributed by atoms with Crippen LogP contribution in [0.2, 0.25) is 15.1 Å². The Morgan fingerprint density at radius 2 is 1.87 bits per heavy atom. The highest BCUT2D eigenvalue weighted by Crippen LogP contribution is 2.33. The van der Waals surface area contributed by atoms with Crippen LogP contribution in [0, 0.1) is 11.3 Å². The van der Waals surface area contributed by atoms with Crippen molar-refractivity contribution >= 4 is 57.2 Å². The van der Waals surface area contributed by atoms with E-state index in [2.05, 4.69) is 20.5 Å². The first-order chi connectivity index (χ1) is 11.1. The van der Waals surface area contributed by atoms with Gasteiger partial charge in [0.1, 0.15) is 6.07 Å². The molecule has 0 aliphatic heterocycles. The van der Waals surface area contributed by atoms with E-state index in [0.717, 1.165) is 11.0 Å². The summed E-state index contributed by atoms with van der Waals surface area (Å²) in [6, 6.07) is 12.5. The summed E-state index contributed by atoms with van der Waals surface area (Å²) in [6.45, 7) is 0. The molecule has 23 heavy (non-hydrogen) atoms. The van der Waals surface area contributed by atoms with Gasteiger partial charge in [-0.1, -0.05) is 46.9 Å². The third-order valence-electron chi connectivity index (χ3n) is 3.01. The average molecular weight is 365 g/mol. The van der Waals surface area contributed by atoms with Gasteiger partial charge in [0.05, 0.1) is 26.8 Å². The molecule has 2 N–H and O–H groups in total. The number of H-pyrrole nitrogens is 1. The molecule has 0 radical (unpaired) electrons. The monoisotopic (exact) mass is 363 g/mol. The zero-order valence-corrected chi connectivity index (χ0v) is 13.7. The lowest BCUT2D eigenvalue weighted by Gasteiger charge is -2.06. The number of imidazole rings is 1. The largest absolute Gasteiger partial charge is 0.336 e. The van der Waals surface area contributed by atoms with Gasteiger partial charge < -0.3 is 4.98 Å². The number of para-hydroxylation sites is 2. The number of hydrazone groups is 1. The van der Waals surface area contributed by atoms with Crippen LogP contribution < -0.4 is 5.43 Å². The van der Waals surface area contributed by atoms with Crippen molar-refractivity contribution in [2.75, 3.05) is 5.43 Å². The molecule has 0 bridgehead atoms. The number of hydrogen-bond acceptors (Lipinski definition) is 4. The van der Waals surface area contributed by atoms with Crippen LogP contribution in [-0.4, -0.2) is 15.7 Å². The minimum absolute atomic E-state index is 0.0725. The first-order valence-electron chi connectivity index (χ1n) is 6.42. The van der Waals surface area contributed by atoms with Crippen LogP contribution in [0.3, 0.4) is 0 Å². The Morgan fingerprint density at radius 1 is 1.17 bits per heavy atom. The van der Waals surface area contributed by atoms with E-state index < -0.39 is 0 Å². The second-order valence-corrected chi connectivity index (χ2v) is 5.78. The molecule has 0 saturated heterocycles. The van der Waals surface area contributed by atoms with Gasteiger partial charge in [-0.2, -0.15) is 10.4 Å². The predicted octanol–water partition coefficient (Wildman–Crippen LogP) is 4.86. The number of nitrogens with one attached hydrogen (secondary N) is 2. The SMILES string of the molecule is N#C/C(=N\Nc1c(Cl)cc(Cl)cc1Cl)c1nc2ccccc2[nH]1. The summed E-state index contributed by atoms with van der Waals surface area (Å²) in [6.07, 6.45) is 0. The second-order valence-electron chi connectivity index (χ2n) is 4.53. The molecule has 0 aliphatic carbocycles. The van der Waals surface area contributed by atoms with Gasteiger partial charge in [-0.05, 0) is 24.3 Å². The van der Waals surface area contributed by atoms with Gasteiger partial charge in [-0.3, -0.25) is 5.43 Å². The molecule has 5 nitrogen and oxygen atoms in total. The van der Waals surface area contributed by atoms with Gasteiger partial charge in [0, 0.05) is 5.02 Å². The minimum Gasteiger partial charge on any atom is -0.336 e. The summed E-state index contributed by atoms with van der Waals surface area (Å²) in [5, 5.41) is 14.3. The summed E-state index contributed by atoms with van der Waals surface area (Å²) in [5.74, 6) is 0.349. The first kappa shape index (κ1) is 15.6. The molecule has 3 rings (SSSR count). The lowest BCUT2D eigenvalue weighted by Crippen LogP contribution is -2.04. The third kappa shape index (κ3) is 3.25. The molecule has 2 aromatic carbocycles. The Hall–Kier alpha value is -2.26. The zero-order chi connectivity index (χ0) is 16.4.